The number of rotatable bonds is 4. The Hall–Kier alpha value is -2.05. The van der Waals surface area contributed by atoms with Gasteiger partial charge in [0.1, 0.15) is 0 Å². The average Bonchev–Trinajstić information content (AvgIpc) is 2.51. The molecule has 0 unspecified atom stereocenters. The summed E-state index contributed by atoms with van der Waals surface area (Å²) in [4.78, 5) is 14.4. The van der Waals surface area contributed by atoms with Crippen molar-refractivity contribution in [3.63, 3.8) is 0 Å². The number of fused-ring (bicyclic) bond motifs is 2. The summed E-state index contributed by atoms with van der Waals surface area (Å²) in [6.45, 7) is 1.34. The second-order valence-electron chi connectivity index (χ2n) is 5.49. The second-order valence-corrected chi connectivity index (χ2v) is 6.40. The summed E-state index contributed by atoms with van der Waals surface area (Å²) >= 11 is 3.40. The number of halogens is 1. The van der Waals surface area contributed by atoms with Crippen molar-refractivity contribution in [3.05, 3.63) is 46.4 Å². The highest BCUT2D eigenvalue weighted by Gasteiger charge is 2.24. The highest BCUT2D eigenvalue weighted by molar-refractivity contribution is 9.10. The first-order valence-electron chi connectivity index (χ1n) is 7.26. The lowest BCUT2D eigenvalue weighted by molar-refractivity contribution is 0.0947. The summed E-state index contributed by atoms with van der Waals surface area (Å²) in [5, 5.41) is 2.89. The van der Waals surface area contributed by atoms with E-state index in [4.69, 9.17) is 9.47 Å². The molecule has 5 nitrogen and oxygen atoms in total. The number of para-hydroxylation sites is 1. The first kappa shape index (κ1) is 15.8. The first-order valence-corrected chi connectivity index (χ1v) is 8.05. The van der Waals surface area contributed by atoms with Crippen LogP contribution in [-0.4, -0.2) is 38.0 Å². The molecule has 0 atom stereocenters. The number of ether oxygens (including phenoxy) is 2. The molecule has 0 bridgehead atoms. The van der Waals surface area contributed by atoms with Gasteiger partial charge in [0.15, 0.2) is 23.0 Å². The van der Waals surface area contributed by atoms with Crippen molar-refractivity contribution in [1.82, 2.24) is 10.2 Å². The summed E-state index contributed by atoms with van der Waals surface area (Å²) in [6.07, 6.45) is 0. The van der Waals surface area contributed by atoms with Gasteiger partial charge in [0.05, 0.1) is 5.56 Å². The van der Waals surface area contributed by atoms with E-state index in [-0.39, 0.29) is 5.91 Å². The lowest BCUT2D eigenvalue weighted by Crippen LogP contribution is -2.31. The van der Waals surface area contributed by atoms with Crippen LogP contribution in [0, 0.1) is 0 Å². The van der Waals surface area contributed by atoms with Crippen LogP contribution in [0.4, 0.5) is 0 Å². The van der Waals surface area contributed by atoms with Crippen LogP contribution in [0.5, 0.6) is 23.0 Å². The smallest absolute Gasteiger partial charge is 0.255 e. The van der Waals surface area contributed by atoms with Gasteiger partial charge in [-0.15, -0.1) is 0 Å². The Morgan fingerprint density at radius 1 is 1.13 bits per heavy atom. The third-order valence-corrected chi connectivity index (χ3v) is 3.90. The van der Waals surface area contributed by atoms with Crippen molar-refractivity contribution in [2.24, 2.45) is 0 Å². The molecule has 0 aliphatic carbocycles. The van der Waals surface area contributed by atoms with Crippen molar-refractivity contribution in [1.29, 1.82) is 0 Å². The van der Waals surface area contributed by atoms with E-state index in [1.807, 2.05) is 37.2 Å². The van der Waals surface area contributed by atoms with E-state index in [9.17, 15) is 4.79 Å². The van der Waals surface area contributed by atoms with Crippen LogP contribution >= 0.6 is 15.9 Å². The van der Waals surface area contributed by atoms with Crippen LogP contribution < -0.4 is 14.8 Å². The average molecular weight is 377 g/mol. The Labute approximate surface area is 143 Å². The Morgan fingerprint density at radius 3 is 2.74 bits per heavy atom. The molecule has 23 heavy (non-hydrogen) atoms. The summed E-state index contributed by atoms with van der Waals surface area (Å²) in [5.41, 5.74) is 0.467. The normalized spacial score (nSPS) is 12.0. The van der Waals surface area contributed by atoms with Gasteiger partial charge in [0.2, 0.25) is 0 Å². The van der Waals surface area contributed by atoms with E-state index in [1.165, 1.54) is 0 Å². The summed E-state index contributed by atoms with van der Waals surface area (Å²) in [6, 6.07) is 10.8. The van der Waals surface area contributed by atoms with Gasteiger partial charge in [-0.2, -0.15) is 0 Å². The molecule has 0 radical (unpaired) electrons. The molecule has 0 spiro atoms. The Bertz CT molecular complexity index is 747. The highest BCUT2D eigenvalue weighted by Crippen LogP contribution is 2.47. The predicted molar refractivity (Wildman–Crippen MR) is 91.6 cm³/mol. The fourth-order valence-electron chi connectivity index (χ4n) is 2.24. The van der Waals surface area contributed by atoms with Crippen molar-refractivity contribution in [3.8, 4) is 23.0 Å². The summed E-state index contributed by atoms with van der Waals surface area (Å²) < 4.78 is 12.6. The third kappa shape index (κ3) is 3.48. The van der Waals surface area contributed by atoms with Crippen LogP contribution in [0.15, 0.2) is 40.9 Å². The van der Waals surface area contributed by atoms with Crippen molar-refractivity contribution >= 4 is 21.8 Å². The van der Waals surface area contributed by atoms with Gasteiger partial charge in [0, 0.05) is 17.6 Å². The maximum Gasteiger partial charge on any atom is 0.255 e. The first-order chi connectivity index (χ1) is 11.0. The molecule has 2 aromatic carbocycles. The van der Waals surface area contributed by atoms with Gasteiger partial charge in [-0.3, -0.25) is 4.79 Å². The lowest BCUT2D eigenvalue weighted by atomic mass is 10.1. The molecule has 1 aliphatic heterocycles. The van der Waals surface area contributed by atoms with Crippen LogP contribution in [-0.2, 0) is 0 Å². The summed E-state index contributed by atoms with van der Waals surface area (Å²) in [7, 11) is 3.92. The largest absolute Gasteiger partial charge is 0.449 e. The minimum Gasteiger partial charge on any atom is -0.449 e. The van der Waals surface area contributed by atoms with E-state index in [0.717, 1.165) is 11.0 Å². The van der Waals surface area contributed by atoms with Crippen molar-refractivity contribution < 1.29 is 14.3 Å². The molecule has 1 heterocycles. The predicted octanol–water partition coefficient (Wildman–Crippen LogP) is 3.64. The molecule has 0 saturated carbocycles. The number of hydrogen-bond acceptors (Lipinski definition) is 4. The van der Waals surface area contributed by atoms with E-state index >= 15 is 0 Å². The molecular weight excluding hydrogens is 360 g/mol. The molecule has 0 aromatic heterocycles. The monoisotopic (exact) mass is 376 g/mol. The fourth-order valence-corrected chi connectivity index (χ4v) is 2.58. The number of carbonyl (C=O) groups excluding carboxylic acids is 1. The number of amides is 1. The SMILES string of the molecule is CN(C)CCNC(=O)c1cccc2c1Oc1ccc(Br)cc1O2. The van der Waals surface area contributed by atoms with Gasteiger partial charge >= 0.3 is 0 Å². The molecule has 6 heteroatoms. The Morgan fingerprint density at radius 2 is 1.96 bits per heavy atom. The molecular formula is C17H17BrN2O3. The maximum absolute atomic E-state index is 12.4. The van der Waals surface area contributed by atoms with Crippen LogP contribution in [0.1, 0.15) is 10.4 Å². The molecule has 1 aliphatic rings. The van der Waals surface area contributed by atoms with Gasteiger partial charge in [-0.25, -0.2) is 0 Å². The van der Waals surface area contributed by atoms with Gasteiger partial charge in [0.25, 0.3) is 5.91 Å². The second kappa shape index (κ2) is 6.60. The van der Waals surface area contributed by atoms with E-state index < -0.39 is 0 Å². The summed E-state index contributed by atoms with van der Waals surface area (Å²) in [5.74, 6) is 2.03. The van der Waals surface area contributed by atoms with Crippen LogP contribution in [0.25, 0.3) is 0 Å². The maximum atomic E-state index is 12.4. The van der Waals surface area contributed by atoms with E-state index in [1.54, 1.807) is 18.2 Å². The molecule has 0 saturated heterocycles. The van der Waals surface area contributed by atoms with Gasteiger partial charge in [-0.1, -0.05) is 22.0 Å². The van der Waals surface area contributed by atoms with E-state index in [0.29, 0.717) is 35.1 Å². The molecule has 3 rings (SSSR count). The fraction of sp³-hybridized carbons (Fsp3) is 0.235. The number of carbonyl (C=O) groups is 1. The molecule has 120 valence electrons. The van der Waals surface area contributed by atoms with E-state index in [2.05, 4.69) is 21.2 Å². The molecule has 0 fully saturated rings. The number of nitrogens with zero attached hydrogens (tertiary/aromatic N) is 1. The lowest BCUT2D eigenvalue weighted by Gasteiger charge is -2.22. The number of nitrogens with one attached hydrogen (secondary N) is 1. The Kier molecular flexibility index (Phi) is 4.54. The van der Waals surface area contributed by atoms with Gasteiger partial charge < -0.3 is 19.7 Å². The van der Waals surface area contributed by atoms with Gasteiger partial charge in [-0.05, 0) is 44.4 Å². The highest BCUT2D eigenvalue weighted by atomic mass is 79.9. The van der Waals surface area contributed by atoms with Crippen LogP contribution in [0.2, 0.25) is 0 Å². The minimum atomic E-state index is -0.173. The number of benzene rings is 2. The topological polar surface area (TPSA) is 50.8 Å². The van der Waals surface area contributed by atoms with Crippen LogP contribution in [0.3, 0.4) is 0 Å². The quantitative estimate of drug-likeness (QED) is 0.755. The Balaban J connectivity index is 1.83. The number of likely N-dealkylation sites (N-methyl/N-ethyl adjacent to an activating group) is 1. The van der Waals surface area contributed by atoms with Crippen molar-refractivity contribution in [2.45, 2.75) is 0 Å². The molecule has 2 aromatic rings. The number of hydrogen-bond donors (Lipinski definition) is 1. The zero-order valence-electron chi connectivity index (χ0n) is 12.9. The van der Waals surface area contributed by atoms with Crippen molar-refractivity contribution in [2.75, 3.05) is 27.2 Å². The minimum absolute atomic E-state index is 0.173. The zero-order chi connectivity index (χ0) is 16.4. The molecule has 1 amide bonds. The standard InChI is InChI=1S/C17H17BrN2O3/c1-20(2)9-8-19-17(21)12-4-3-5-14-16(12)23-13-7-6-11(18)10-15(13)22-14/h3-7,10H,8-9H2,1-2H3,(H,19,21). The molecule has 1 N–H and O–H groups in total. The zero-order valence-corrected chi connectivity index (χ0v) is 14.5. The third-order valence-electron chi connectivity index (χ3n) is 3.41.